The number of rotatable bonds is 4. The van der Waals surface area contributed by atoms with Crippen molar-refractivity contribution in [3.05, 3.63) is 35.4 Å². The molecular formula is C17H24N2O2. The van der Waals surface area contributed by atoms with E-state index in [0.29, 0.717) is 6.04 Å². The van der Waals surface area contributed by atoms with Crippen LogP contribution in [0.3, 0.4) is 0 Å². The Morgan fingerprint density at radius 3 is 2.48 bits per heavy atom. The number of amides is 1. The summed E-state index contributed by atoms with van der Waals surface area (Å²) in [6.07, 6.45) is 4.45. The van der Waals surface area contributed by atoms with Crippen molar-refractivity contribution < 1.29 is 9.53 Å². The number of hydrogen-bond acceptors (Lipinski definition) is 3. The fraction of sp³-hybridized carbons (Fsp3) is 0.588. The van der Waals surface area contributed by atoms with Gasteiger partial charge in [0, 0.05) is 44.5 Å². The van der Waals surface area contributed by atoms with Crippen molar-refractivity contribution in [3.63, 3.8) is 0 Å². The number of ether oxygens (including phenoxy) is 1. The molecule has 4 heteroatoms. The summed E-state index contributed by atoms with van der Waals surface area (Å²) in [7, 11) is 0. The van der Waals surface area contributed by atoms with Crippen LogP contribution in [-0.4, -0.2) is 43.2 Å². The van der Waals surface area contributed by atoms with Gasteiger partial charge >= 0.3 is 0 Å². The van der Waals surface area contributed by atoms with E-state index in [4.69, 9.17) is 4.74 Å². The van der Waals surface area contributed by atoms with Crippen molar-refractivity contribution in [1.29, 1.82) is 0 Å². The molecule has 0 saturated carbocycles. The second kappa shape index (κ2) is 7.05. The lowest BCUT2D eigenvalue weighted by Crippen LogP contribution is -2.34. The van der Waals surface area contributed by atoms with Crippen LogP contribution >= 0.6 is 0 Å². The van der Waals surface area contributed by atoms with E-state index in [1.165, 1.54) is 5.56 Å². The van der Waals surface area contributed by atoms with Crippen molar-refractivity contribution in [2.45, 2.75) is 38.3 Å². The van der Waals surface area contributed by atoms with Gasteiger partial charge in [0.2, 0.25) is 0 Å². The first-order valence-electron chi connectivity index (χ1n) is 8.02. The molecule has 0 bridgehead atoms. The Hall–Kier alpha value is -1.39. The van der Waals surface area contributed by atoms with Crippen molar-refractivity contribution >= 4 is 5.91 Å². The van der Waals surface area contributed by atoms with E-state index in [-0.39, 0.29) is 5.91 Å². The second-order valence-electron chi connectivity index (χ2n) is 5.96. The van der Waals surface area contributed by atoms with Gasteiger partial charge in [-0.1, -0.05) is 12.1 Å². The normalized spacial score (nSPS) is 19.9. The van der Waals surface area contributed by atoms with Crippen LogP contribution in [-0.2, 0) is 11.3 Å². The van der Waals surface area contributed by atoms with E-state index < -0.39 is 0 Å². The van der Waals surface area contributed by atoms with Gasteiger partial charge in [0.15, 0.2) is 0 Å². The molecule has 114 valence electrons. The van der Waals surface area contributed by atoms with Crippen LogP contribution in [0.4, 0.5) is 0 Å². The molecule has 3 rings (SSSR count). The molecule has 2 aliphatic heterocycles. The summed E-state index contributed by atoms with van der Waals surface area (Å²) in [6, 6.07) is 8.61. The van der Waals surface area contributed by atoms with Crippen molar-refractivity contribution in [1.82, 2.24) is 10.2 Å². The summed E-state index contributed by atoms with van der Waals surface area (Å²) in [5, 5.41) is 3.57. The summed E-state index contributed by atoms with van der Waals surface area (Å²) in [6.45, 7) is 4.41. The number of likely N-dealkylation sites (tertiary alicyclic amines) is 1. The first-order chi connectivity index (χ1) is 10.3. The maximum Gasteiger partial charge on any atom is 0.253 e. The number of benzene rings is 1. The Morgan fingerprint density at radius 2 is 1.81 bits per heavy atom. The van der Waals surface area contributed by atoms with Gasteiger partial charge in [0.05, 0.1) is 0 Å². The maximum absolute atomic E-state index is 12.3. The Kier molecular flexibility index (Phi) is 4.88. The summed E-state index contributed by atoms with van der Waals surface area (Å²) < 4.78 is 5.36. The number of carbonyl (C=O) groups excluding carboxylic acids is 1. The Balaban J connectivity index is 1.52. The first kappa shape index (κ1) is 14.5. The summed E-state index contributed by atoms with van der Waals surface area (Å²) in [5.74, 6) is 0.177. The fourth-order valence-electron chi connectivity index (χ4n) is 3.03. The lowest BCUT2D eigenvalue weighted by atomic mass is 10.1. The minimum Gasteiger partial charge on any atom is -0.381 e. The fourth-order valence-corrected chi connectivity index (χ4v) is 3.03. The zero-order valence-corrected chi connectivity index (χ0v) is 12.5. The Morgan fingerprint density at radius 1 is 1.14 bits per heavy atom. The smallest absolute Gasteiger partial charge is 0.253 e. The van der Waals surface area contributed by atoms with Gasteiger partial charge in [-0.3, -0.25) is 4.79 Å². The molecule has 1 aromatic carbocycles. The molecule has 0 atom stereocenters. The van der Waals surface area contributed by atoms with E-state index in [0.717, 1.165) is 64.1 Å². The van der Waals surface area contributed by atoms with Crippen LogP contribution in [0.5, 0.6) is 0 Å². The van der Waals surface area contributed by atoms with Crippen LogP contribution in [0.25, 0.3) is 0 Å². The quantitative estimate of drug-likeness (QED) is 0.923. The average Bonchev–Trinajstić information content (AvgIpc) is 3.08. The largest absolute Gasteiger partial charge is 0.381 e. The molecule has 2 fully saturated rings. The highest BCUT2D eigenvalue weighted by Crippen LogP contribution is 2.14. The Bertz CT molecular complexity index is 460. The van der Waals surface area contributed by atoms with Crippen molar-refractivity contribution in [2.24, 2.45) is 0 Å². The molecule has 0 unspecified atom stereocenters. The predicted octanol–water partition coefficient (Wildman–Crippen LogP) is 2.19. The van der Waals surface area contributed by atoms with E-state index in [9.17, 15) is 4.79 Å². The minimum atomic E-state index is 0.177. The van der Waals surface area contributed by atoms with Crippen molar-refractivity contribution in [2.75, 3.05) is 26.3 Å². The molecule has 1 aromatic rings. The third-order valence-corrected chi connectivity index (χ3v) is 4.41. The monoisotopic (exact) mass is 288 g/mol. The zero-order chi connectivity index (χ0) is 14.5. The zero-order valence-electron chi connectivity index (χ0n) is 12.5. The molecular weight excluding hydrogens is 264 g/mol. The molecule has 1 amide bonds. The van der Waals surface area contributed by atoms with E-state index in [2.05, 4.69) is 17.4 Å². The molecule has 0 spiro atoms. The summed E-state index contributed by atoms with van der Waals surface area (Å²) >= 11 is 0. The average molecular weight is 288 g/mol. The van der Waals surface area contributed by atoms with E-state index >= 15 is 0 Å². The first-order valence-corrected chi connectivity index (χ1v) is 8.02. The maximum atomic E-state index is 12.3. The second-order valence-corrected chi connectivity index (χ2v) is 5.96. The van der Waals surface area contributed by atoms with Gasteiger partial charge in [0.1, 0.15) is 0 Å². The molecule has 0 aromatic heterocycles. The van der Waals surface area contributed by atoms with Gasteiger partial charge < -0.3 is 15.0 Å². The number of nitrogens with one attached hydrogen (secondary N) is 1. The summed E-state index contributed by atoms with van der Waals surface area (Å²) in [4.78, 5) is 14.2. The van der Waals surface area contributed by atoms with E-state index in [1.807, 2.05) is 17.0 Å². The molecule has 0 aliphatic carbocycles. The molecule has 0 radical (unpaired) electrons. The lowest BCUT2D eigenvalue weighted by Gasteiger charge is -2.23. The minimum absolute atomic E-state index is 0.177. The number of carbonyl (C=O) groups is 1. The van der Waals surface area contributed by atoms with Crippen LogP contribution < -0.4 is 5.32 Å². The molecule has 2 aliphatic rings. The lowest BCUT2D eigenvalue weighted by molar-refractivity contribution is 0.0775. The summed E-state index contributed by atoms with van der Waals surface area (Å²) in [5.41, 5.74) is 2.05. The highest BCUT2D eigenvalue weighted by molar-refractivity contribution is 5.94. The topological polar surface area (TPSA) is 41.6 Å². The molecule has 2 heterocycles. The molecule has 4 nitrogen and oxygen atoms in total. The number of nitrogens with zero attached hydrogens (tertiary/aromatic N) is 1. The van der Waals surface area contributed by atoms with Crippen LogP contribution in [0.1, 0.15) is 41.6 Å². The third-order valence-electron chi connectivity index (χ3n) is 4.41. The van der Waals surface area contributed by atoms with Gasteiger partial charge in [-0.2, -0.15) is 0 Å². The van der Waals surface area contributed by atoms with Gasteiger partial charge in [0.25, 0.3) is 5.91 Å². The Labute approximate surface area is 126 Å². The predicted molar refractivity (Wildman–Crippen MR) is 82.3 cm³/mol. The third kappa shape index (κ3) is 3.83. The SMILES string of the molecule is O=C(c1ccc(CNC2CCOCC2)cc1)N1CCCC1. The van der Waals surface area contributed by atoms with Crippen LogP contribution in [0.15, 0.2) is 24.3 Å². The number of hydrogen-bond donors (Lipinski definition) is 1. The standard InChI is InChI=1S/C17H24N2O2/c20-17(19-9-1-2-10-19)15-5-3-14(4-6-15)13-18-16-7-11-21-12-8-16/h3-6,16,18H,1-2,7-13H2. The van der Waals surface area contributed by atoms with Crippen LogP contribution in [0, 0.1) is 0 Å². The van der Waals surface area contributed by atoms with Crippen LogP contribution in [0.2, 0.25) is 0 Å². The molecule has 1 N–H and O–H groups in total. The molecule has 2 saturated heterocycles. The van der Waals surface area contributed by atoms with Gasteiger partial charge in [-0.15, -0.1) is 0 Å². The van der Waals surface area contributed by atoms with E-state index in [1.54, 1.807) is 0 Å². The van der Waals surface area contributed by atoms with Gasteiger partial charge in [-0.25, -0.2) is 0 Å². The highest BCUT2D eigenvalue weighted by Gasteiger charge is 2.19. The van der Waals surface area contributed by atoms with Gasteiger partial charge in [-0.05, 0) is 43.4 Å². The highest BCUT2D eigenvalue weighted by atomic mass is 16.5. The molecule has 21 heavy (non-hydrogen) atoms. The van der Waals surface area contributed by atoms with Crippen molar-refractivity contribution in [3.8, 4) is 0 Å².